The molecule has 0 unspecified atom stereocenters. The summed E-state index contributed by atoms with van der Waals surface area (Å²) in [6.07, 6.45) is 6.02. The third-order valence-corrected chi connectivity index (χ3v) is 4.67. The van der Waals surface area contributed by atoms with Crippen LogP contribution in [0.15, 0.2) is 24.3 Å². The summed E-state index contributed by atoms with van der Waals surface area (Å²) < 4.78 is 31.4. The Labute approximate surface area is 142 Å². The zero-order valence-electron chi connectivity index (χ0n) is 11.6. The van der Waals surface area contributed by atoms with Crippen molar-refractivity contribution in [3.05, 3.63) is 35.4 Å². The molecule has 0 bridgehead atoms. The standard InChI is InChI=1S/C13H20O3S2.Na/c1-2-3-4-5-6-12-7-9-13(10-8-12)11-17-18(14,15)16;/h7-10H,2-6,11H2,1H3,(H,14,15,16);/q;+1/p-1. The minimum atomic E-state index is -4.19. The first-order valence-electron chi connectivity index (χ1n) is 6.19. The molecule has 0 saturated heterocycles. The van der Waals surface area contributed by atoms with E-state index in [-0.39, 0.29) is 35.3 Å². The number of benzene rings is 1. The van der Waals surface area contributed by atoms with Crippen molar-refractivity contribution in [1.29, 1.82) is 0 Å². The molecule has 0 saturated carbocycles. The summed E-state index contributed by atoms with van der Waals surface area (Å²) in [7, 11) is -3.75. The fourth-order valence-electron chi connectivity index (χ4n) is 1.70. The quantitative estimate of drug-likeness (QED) is 0.304. The van der Waals surface area contributed by atoms with Gasteiger partial charge in [-0.3, -0.25) is 0 Å². The number of hydrogen-bond acceptors (Lipinski definition) is 4. The Morgan fingerprint density at radius 3 is 2.16 bits per heavy atom. The van der Waals surface area contributed by atoms with Crippen molar-refractivity contribution in [2.45, 2.75) is 44.8 Å². The van der Waals surface area contributed by atoms with Crippen LogP contribution in [0.25, 0.3) is 0 Å². The Morgan fingerprint density at radius 2 is 1.63 bits per heavy atom. The molecule has 3 nitrogen and oxygen atoms in total. The van der Waals surface area contributed by atoms with E-state index in [4.69, 9.17) is 0 Å². The van der Waals surface area contributed by atoms with Crippen LogP contribution in [0.2, 0.25) is 0 Å². The summed E-state index contributed by atoms with van der Waals surface area (Å²) in [6.45, 7) is 2.19. The number of aryl methyl sites for hydroxylation is 1. The second-order valence-electron chi connectivity index (χ2n) is 4.30. The molecular weight excluding hydrogens is 291 g/mol. The van der Waals surface area contributed by atoms with E-state index < -0.39 is 9.15 Å². The van der Waals surface area contributed by atoms with Crippen LogP contribution in [0.3, 0.4) is 0 Å². The van der Waals surface area contributed by atoms with Crippen LogP contribution in [-0.2, 0) is 21.3 Å². The van der Waals surface area contributed by atoms with E-state index in [0.717, 1.165) is 12.0 Å². The van der Waals surface area contributed by atoms with Crippen molar-refractivity contribution in [2.24, 2.45) is 0 Å². The Kier molecular flexibility index (Phi) is 10.5. The van der Waals surface area contributed by atoms with Gasteiger partial charge in [-0.2, -0.15) is 0 Å². The largest absolute Gasteiger partial charge is 1.00 e. The third-order valence-electron chi connectivity index (χ3n) is 2.71. The van der Waals surface area contributed by atoms with Gasteiger partial charge in [0.15, 0.2) is 0 Å². The van der Waals surface area contributed by atoms with Crippen LogP contribution in [0.1, 0.15) is 43.7 Å². The van der Waals surface area contributed by atoms with Crippen LogP contribution < -0.4 is 29.6 Å². The normalized spacial score (nSPS) is 11.1. The maximum Gasteiger partial charge on any atom is 1.00 e. The van der Waals surface area contributed by atoms with Crippen LogP contribution in [0, 0.1) is 0 Å². The van der Waals surface area contributed by atoms with Crippen LogP contribution in [-0.4, -0.2) is 13.0 Å². The van der Waals surface area contributed by atoms with Crippen molar-refractivity contribution in [3.8, 4) is 0 Å². The van der Waals surface area contributed by atoms with E-state index in [2.05, 4.69) is 6.92 Å². The van der Waals surface area contributed by atoms with Gasteiger partial charge >= 0.3 is 29.6 Å². The molecular formula is C13H19NaO3S2. The molecule has 19 heavy (non-hydrogen) atoms. The molecule has 0 aromatic heterocycles. The van der Waals surface area contributed by atoms with Crippen molar-refractivity contribution in [1.82, 2.24) is 0 Å². The van der Waals surface area contributed by atoms with E-state index in [1.165, 1.54) is 31.2 Å². The summed E-state index contributed by atoms with van der Waals surface area (Å²) in [5.41, 5.74) is 2.14. The maximum absolute atomic E-state index is 10.5. The molecule has 0 radical (unpaired) electrons. The van der Waals surface area contributed by atoms with Crippen molar-refractivity contribution in [2.75, 3.05) is 0 Å². The van der Waals surface area contributed by atoms with Gasteiger partial charge in [0.05, 0.1) is 0 Å². The molecule has 6 heteroatoms. The molecule has 0 aliphatic rings. The SMILES string of the molecule is CCCCCCc1ccc(CSS(=O)(=O)[O-])cc1.[Na+]. The number of rotatable bonds is 8. The molecule has 0 amide bonds. The smallest absolute Gasteiger partial charge is 0.739 e. The number of hydrogen-bond donors (Lipinski definition) is 0. The minimum absolute atomic E-state index is 0. The maximum atomic E-state index is 10.5. The van der Waals surface area contributed by atoms with Gasteiger partial charge in [0.2, 0.25) is 0 Å². The molecule has 1 aromatic rings. The first kappa shape index (κ1) is 19.5. The zero-order chi connectivity index (χ0) is 13.4. The van der Waals surface area contributed by atoms with Gasteiger partial charge in [-0.1, -0.05) is 50.5 Å². The Morgan fingerprint density at radius 1 is 1.05 bits per heavy atom. The molecule has 0 aliphatic carbocycles. The molecule has 1 aromatic carbocycles. The molecule has 1 rings (SSSR count). The second-order valence-corrected chi connectivity index (χ2v) is 7.57. The van der Waals surface area contributed by atoms with E-state index >= 15 is 0 Å². The minimum Gasteiger partial charge on any atom is -0.739 e. The molecule has 0 spiro atoms. The number of unbranched alkanes of at least 4 members (excludes halogenated alkanes) is 3. The second kappa shape index (κ2) is 10.2. The fraction of sp³-hybridized carbons (Fsp3) is 0.538. The van der Waals surface area contributed by atoms with Crippen LogP contribution in [0.4, 0.5) is 0 Å². The van der Waals surface area contributed by atoms with Gasteiger partial charge in [0.25, 0.3) is 0 Å². The first-order chi connectivity index (χ1) is 8.51. The summed E-state index contributed by atoms with van der Waals surface area (Å²) >= 11 is 0. The Balaban J connectivity index is 0.00000324. The van der Waals surface area contributed by atoms with E-state index in [0.29, 0.717) is 10.8 Å². The van der Waals surface area contributed by atoms with Crippen molar-refractivity contribution < 1.29 is 42.5 Å². The molecule has 0 fully saturated rings. The van der Waals surface area contributed by atoms with E-state index in [1.54, 1.807) is 0 Å². The molecule has 102 valence electrons. The molecule has 0 aliphatic heterocycles. The van der Waals surface area contributed by atoms with Gasteiger partial charge in [0.1, 0.15) is 9.15 Å². The first-order valence-corrected chi connectivity index (χ1v) is 9.10. The Hall–Kier alpha value is 0.480. The van der Waals surface area contributed by atoms with Crippen molar-refractivity contribution in [3.63, 3.8) is 0 Å². The Bertz CT molecular complexity index is 443. The summed E-state index contributed by atoms with van der Waals surface area (Å²) in [4.78, 5) is 0. The van der Waals surface area contributed by atoms with Gasteiger partial charge in [0, 0.05) is 5.75 Å². The van der Waals surface area contributed by atoms with E-state index in [1.807, 2.05) is 24.3 Å². The van der Waals surface area contributed by atoms with Gasteiger partial charge < -0.3 is 4.55 Å². The summed E-state index contributed by atoms with van der Waals surface area (Å²) in [6, 6.07) is 7.82. The summed E-state index contributed by atoms with van der Waals surface area (Å²) in [5.74, 6) is 0.224. The van der Waals surface area contributed by atoms with Crippen LogP contribution >= 0.6 is 10.8 Å². The topological polar surface area (TPSA) is 57.2 Å². The predicted molar refractivity (Wildman–Crippen MR) is 75.3 cm³/mol. The summed E-state index contributed by atoms with van der Waals surface area (Å²) in [5, 5.41) is 0. The molecule has 0 N–H and O–H groups in total. The van der Waals surface area contributed by atoms with Gasteiger partial charge in [-0.05, 0) is 34.8 Å². The van der Waals surface area contributed by atoms with Crippen molar-refractivity contribution >= 4 is 19.9 Å². The monoisotopic (exact) mass is 310 g/mol. The molecule has 0 heterocycles. The average molecular weight is 310 g/mol. The van der Waals surface area contributed by atoms with Gasteiger partial charge in [-0.15, -0.1) is 0 Å². The van der Waals surface area contributed by atoms with Gasteiger partial charge in [-0.25, -0.2) is 8.42 Å². The third kappa shape index (κ3) is 9.93. The fourth-order valence-corrected chi connectivity index (χ4v) is 3.01. The average Bonchev–Trinajstić information content (AvgIpc) is 2.33. The predicted octanol–water partition coefficient (Wildman–Crippen LogP) is 0.507. The van der Waals surface area contributed by atoms with Crippen LogP contribution in [0.5, 0.6) is 0 Å². The zero-order valence-corrected chi connectivity index (χ0v) is 15.2. The molecule has 0 atom stereocenters. The van der Waals surface area contributed by atoms with E-state index in [9.17, 15) is 13.0 Å².